The Morgan fingerprint density at radius 1 is 1.56 bits per heavy atom. The van der Waals surface area contributed by atoms with Crippen LogP contribution in [0.3, 0.4) is 0 Å². The molecular formula is C12H14ClNO2. The Labute approximate surface area is 99.6 Å². The minimum absolute atomic E-state index is 0.0570. The van der Waals surface area contributed by atoms with Crippen LogP contribution < -0.4 is 0 Å². The molecule has 1 N–H and O–H groups in total. The zero-order valence-corrected chi connectivity index (χ0v) is 9.87. The van der Waals surface area contributed by atoms with Crippen LogP contribution in [0.5, 0.6) is 0 Å². The zero-order chi connectivity index (χ0) is 11.7. The standard InChI is InChI=1S/C12H14ClNO2/c1-8-2-3-9(6-11(8)13)12(16)14-5-4-10(15)7-14/h2-3,6,10,15H,4-5,7H2,1H3/t10-/m0/s1. The van der Waals surface area contributed by atoms with Crippen molar-refractivity contribution in [3.8, 4) is 0 Å². The van der Waals surface area contributed by atoms with Gasteiger partial charge in [0, 0.05) is 23.7 Å². The SMILES string of the molecule is Cc1ccc(C(=O)N2CC[C@H](O)C2)cc1Cl. The van der Waals surface area contributed by atoms with Crippen molar-refractivity contribution < 1.29 is 9.90 Å². The van der Waals surface area contributed by atoms with Crippen molar-refractivity contribution >= 4 is 17.5 Å². The average molecular weight is 240 g/mol. The molecule has 0 aromatic heterocycles. The van der Waals surface area contributed by atoms with E-state index in [-0.39, 0.29) is 12.0 Å². The number of amides is 1. The second kappa shape index (κ2) is 4.44. The summed E-state index contributed by atoms with van der Waals surface area (Å²) in [4.78, 5) is 13.7. The first-order valence-electron chi connectivity index (χ1n) is 5.31. The molecule has 86 valence electrons. The first-order chi connectivity index (χ1) is 7.58. The monoisotopic (exact) mass is 239 g/mol. The average Bonchev–Trinajstić information content (AvgIpc) is 2.68. The van der Waals surface area contributed by atoms with Crippen molar-refractivity contribution in [1.29, 1.82) is 0 Å². The van der Waals surface area contributed by atoms with E-state index in [1.165, 1.54) is 0 Å². The molecule has 2 rings (SSSR count). The van der Waals surface area contributed by atoms with Gasteiger partial charge in [0.1, 0.15) is 0 Å². The van der Waals surface area contributed by atoms with Crippen LogP contribution in [-0.4, -0.2) is 35.1 Å². The molecule has 1 atom stereocenters. The molecule has 0 aliphatic carbocycles. The smallest absolute Gasteiger partial charge is 0.253 e. The highest BCUT2D eigenvalue weighted by Gasteiger charge is 2.25. The van der Waals surface area contributed by atoms with E-state index >= 15 is 0 Å². The number of aryl methyl sites for hydroxylation is 1. The number of nitrogens with zero attached hydrogens (tertiary/aromatic N) is 1. The molecule has 1 heterocycles. The summed E-state index contributed by atoms with van der Waals surface area (Å²) in [6.07, 6.45) is 0.274. The summed E-state index contributed by atoms with van der Waals surface area (Å²) in [5.74, 6) is -0.0570. The molecule has 1 aliphatic rings. The lowest BCUT2D eigenvalue weighted by atomic mass is 10.1. The number of β-amino-alcohol motifs (C(OH)–C–C–N with tert-alkyl or cyclic N) is 1. The molecule has 1 saturated heterocycles. The third-order valence-electron chi connectivity index (χ3n) is 2.87. The van der Waals surface area contributed by atoms with Gasteiger partial charge in [-0.25, -0.2) is 0 Å². The van der Waals surface area contributed by atoms with Crippen LogP contribution in [0.2, 0.25) is 5.02 Å². The second-order valence-electron chi connectivity index (χ2n) is 4.16. The van der Waals surface area contributed by atoms with Gasteiger partial charge in [-0.15, -0.1) is 0 Å². The summed E-state index contributed by atoms with van der Waals surface area (Å²) in [5, 5.41) is 9.98. The molecule has 0 unspecified atom stereocenters. The Bertz CT molecular complexity index is 419. The minimum Gasteiger partial charge on any atom is -0.391 e. The number of aliphatic hydroxyl groups excluding tert-OH is 1. The topological polar surface area (TPSA) is 40.5 Å². The summed E-state index contributed by atoms with van der Waals surface area (Å²) < 4.78 is 0. The van der Waals surface area contributed by atoms with E-state index in [9.17, 15) is 9.90 Å². The highest BCUT2D eigenvalue weighted by Crippen LogP contribution is 2.19. The molecule has 0 radical (unpaired) electrons. The fraction of sp³-hybridized carbons (Fsp3) is 0.417. The van der Waals surface area contributed by atoms with Gasteiger partial charge in [0.2, 0.25) is 0 Å². The van der Waals surface area contributed by atoms with Crippen molar-refractivity contribution in [3.63, 3.8) is 0 Å². The van der Waals surface area contributed by atoms with Crippen LogP contribution in [0.4, 0.5) is 0 Å². The van der Waals surface area contributed by atoms with Gasteiger partial charge in [-0.2, -0.15) is 0 Å². The van der Waals surface area contributed by atoms with Crippen molar-refractivity contribution in [2.24, 2.45) is 0 Å². The summed E-state index contributed by atoms with van der Waals surface area (Å²) in [6, 6.07) is 5.29. The first kappa shape index (κ1) is 11.4. The lowest BCUT2D eigenvalue weighted by Gasteiger charge is -2.15. The first-order valence-corrected chi connectivity index (χ1v) is 5.69. The maximum absolute atomic E-state index is 12.0. The molecule has 3 nitrogen and oxygen atoms in total. The molecule has 4 heteroatoms. The van der Waals surface area contributed by atoms with Crippen LogP contribution >= 0.6 is 11.6 Å². The predicted octanol–water partition coefficient (Wildman–Crippen LogP) is 1.86. The van der Waals surface area contributed by atoms with Gasteiger partial charge in [-0.3, -0.25) is 4.79 Å². The second-order valence-corrected chi connectivity index (χ2v) is 4.56. The van der Waals surface area contributed by atoms with E-state index in [0.717, 1.165) is 5.56 Å². The highest BCUT2D eigenvalue weighted by atomic mass is 35.5. The van der Waals surface area contributed by atoms with E-state index in [1.807, 2.05) is 13.0 Å². The molecule has 1 fully saturated rings. The van der Waals surface area contributed by atoms with Gasteiger partial charge in [-0.1, -0.05) is 17.7 Å². The summed E-state index contributed by atoms with van der Waals surface area (Å²) >= 11 is 5.97. The number of carbonyl (C=O) groups excluding carboxylic acids is 1. The molecular weight excluding hydrogens is 226 g/mol. The Kier molecular flexibility index (Phi) is 3.17. The van der Waals surface area contributed by atoms with Crippen LogP contribution in [-0.2, 0) is 0 Å². The normalized spacial score (nSPS) is 20.2. The van der Waals surface area contributed by atoms with Gasteiger partial charge in [0.15, 0.2) is 0 Å². The molecule has 1 aromatic rings. The number of aliphatic hydroxyl groups is 1. The van der Waals surface area contributed by atoms with Gasteiger partial charge < -0.3 is 10.0 Å². The van der Waals surface area contributed by atoms with Crippen molar-refractivity contribution in [2.45, 2.75) is 19.4 Å². The Hall–Kier alpha value is -1.06. The van der Waals surface area contributed by atoms with Gasteiger partial charge in [-0.05, 0) is 31.0 Å². The number of carbonyl (C=O) groups is 1. The summed E-state index contributed by atoms with van der Waals surface area (Å²) in [7, 11) is 0. The minimum atomic E-state index is -0.384. The zero-order valence-electron chi connectivity index (χ0n) is 9.11. The quantitative estimate of drug-likeness (QED) is 0.813. The lowest BCUT2D eigenvalue weighted by molar-refractivity contribution is 0.0765. The number of rotatable bonds is 1. The number of hydrogen-bond donors (Lipinski definition) is 1. The summed E-state index contributed by atoms with van der Waals surface area (Å²) in [5.41, 5.74) is 1.55. The third-order valence-corrected chi connectivity index (χ3v) is 3.28. The largest absolute Gasteiger partial charge is 0.391 e. The number of benzene rings is 1. The van der Waals surface area contributed by atoms with Crippen molar-refractivity contribution in [3.05, 3.63) is 34.3 Å². The van der Waals surface area contributed by atoms with E-state index in [2.05, 4.69) is 0 Å². The van der Waals surface area contributed by atoms with E-state index < -0.39 is 0 Å². The fourth-order valence-corrected chi connectivity index (χ4v) is 2.02. The van der Waals surface area contributed by atoms with Crippen LogP contribution in [0.15, 0.2) is 18.2 Å². The van der Waals surface area contributed by atoms with Crippen LogP contribution in [0.25, 0.3) is 0 Å². The van der Waals surface area contributed by atoms with Gasteiger partial charge in [0.25, 0.3) is 5.91 Å². The van der Waals surface area contributed by atoms with Crippen molar-refractivity contribution in [2.75, 3.05) is 13.1 Å². The van der Waals surface area contributed by atoms with E-state index in [1.54, 1.807) is 17.0 Å². The summed E-state index contributed by atoms with van der Waals surface area (Å²) in [6.45, 7) is 2.94. The Morgan fingerprint density at radius 3 is 2.88 bits per heavy atom. The number of halogens is 1. The fourth-order valence-electron chi connectivity index (χ4n) is 1.83. The number of hydrogen-bond acceptors (Lipinski definition) is 2. The molecule has 1 aliphatic heterocycles. The molecule has 0 bridgehead atoms. The van der Waals surface area contributed by atoms with Crippen LogP contribution in [0.1, 0.15) is 22.3 Å². The van der Waals surface area contributed by atoms with Gasteiger partial charge >= 0.3 is 0 Å². The maximum atomic E-state index is 12.0. The van der Waals surface area contributed by atoms with E-state index in [0.29, 0.717) is 30.1 Å². The lowest BCUT2D eigenvalue weighted by Crippen LogP contribution is -2.29. The Balaban J connectivity index is 2.18. The molecule has 1 amide bonds. The molecule has 1 aromatic carbocycles. The van der Waals surface area contributed by atoms with Crippen LogP contribution in [0, 0.1) is 6.92 Å². The predicted molar refractivity (Wildman–Crippen MR) is 62.7 cm³/mol. The Morgan fingerprint density at radius 2 is 2.31 bits per heavy atom. The van der Waals surface area contributed by atoms with Gasteiger partial charge in [0.05, 0.1) is 6.10 Å². The third kappa shape index (κ3) is 2.20. The maximum Gasteiger partial charge on any atom is 0.253 e. The van der Waals surface area contributed by atoms with E-state index in [4.69, 9.17) is 11.6 Å². The molecule has 0 saturated carbocycles. The molecule has 0 spiro atoms. The number of likely N-dealkylation sites (tertiary alicyclic amines) is 1. The molecule has 16 heavy (non-hydrogen) atoms. The highest BCUT2D eigenvalue weighted by molar-refractivity contribution is 6.31. The van der Waals surface area contributed by atoms with Crippen molar-refractivity contribution in [1.82, 2.24) is 4.90 Å².